The van der Waals surface area contributed by atoms with Crippen molar-refractivity contribution in [2.75, 3.05) is 34.0 Å². The maximum atomic E-state index is 13.4. The molecule has 0 bridgehead atoms. The molecule has 1 fully saturated rings. The van der Waals surface area contributed by atoms with Crippen LogP contribution in [0.3, 0.4) is 0 Å². The molecule has 1 amide bonds. The number of carbonyl (C=O) groups excluding carboxylic acids is 2. The molecule has 0 radical (unpaired) electrons. The zero-order chi connectivity index (χ0) is 22.0. The molecule has 1 saturated carbocycles. The van der Waals surface area contributed by atoms with Gasteiger partial charge < -0.3 is 28.8 Å². The van der Waals surface area contributed by atoms with Gasteiger partial charge in [-0.15, -0.1) is 0 Å². The molecular weight excluding hydrogens is 404 g/mol. The molecule has 4 rings (SSSR count). The lowest BCUT2D eigenvalue weighted by molar-refractivity contribution is -0.148. The number of esters is 1. The normalized spacial score (nSPS) is 17.7. The van der Waals surface area contributed by atoms with E-state index in [1.54, 1.807) is 12.1 Å². The van der Waals surface area contributed by atoms with Crippen molar-refractivity contribution in [1.82, 2.24) is 9.88 Å². The van der Waals surface area contributed by atoms with Gasteiger partial charge >= 0.3 is 5.97 Å². The number of nitrogens with one attached hydrogen (secondary N) is 1. The number of aromatic nitrogens is 1. The van der Waals surface area contributed by atoms with E-state index in [2.05, 4.69) is 5.32 Å². The van der Waals surface area contributed by atoms with E-state index in [0.717, 1.165) is 12.8 Å². The third-order valence-electron chi connectivity index (χ3n) is 5.96. The number of nitrogens with zero attached hydrogens (tertiary/aromatic N) is 1. The Morgan fingerprint density at radius 2 is 1.90 bits per heavy atom. The van der Waals surface area contributed by atoms with Crippen molar-refractivity contribution >= 4 is 22.8 Å². The molecule has 166 valence electrons. The van der Waals surface area contributed by atoms with Crippen LogP contribution in [-0.4, -0.2) is 56.0 Å². The van der Waals surface area contributed by atoms with E-state index in [4.69, 9.17) is 18.9 Å². The summed E-state index contributed by atoms with van der Waals surface area (Å²) in [6, 6.07) is 5.05. The fraction of sp³-hybridized carbons (Fsp3) is 0.500. The second-order valence-electron chi connectivity index (χ2n) is 7.75. The molecule has 0 atom stereocenters. The quantitative estimate of drug-likeness (QED) is 0.735. The number of carbonyl (C=O) groups is 2. The van der Waals surface area contributed by atoms with Gasteiger partial charge in [0.15, 0.2) is 11.5 Å². The van der Waals surface area contributed by atoms with Gasteiger partial charge in [0, 0.05) is 11.9 Å². The van der Waals surface area contributed by atoms with E-state index in [0.29, 0.717) is 55.1 Å². The molecule has 0 saturated heterocycles. The summed E-state index contributed by atoms with van der Waals surface area (Å²) in [4.78, 5) is 39.0. The Balaban J connectivity index is 1.83. The van der Waals surface area contributed by atoms with Crippen LogP contribution in [0.1, 0.15) is 36.0 Å². The van der Waals surface area contributed by atoms with E-state index in [9.17, 15) is 14.4 Å². The van der Waals surface area contributed by atoms with Gasteiger partial charge in [-0.3, -0.25) is 9.59 Å². The molecule has 2 aromatic rings. The lowest BCUT2D eigenvalue weighted by Crippen LogP contribution is -2.54. The topological polar surface area (TPSA) is 105 Å². The monoisotopic (exact) mass is 430 g/mol. The predicted octanol–water partition coefficient (Wildman–Crippen LogP) is 1.63. The van der Waals surface area contributed by atoms with Gasteiger partial charge in [0.25, 0.3) is 11.5 Å². The van der Waals surface area contributed by atoms with Crippen LogP contribution in [0.4, 0.5) is 0 Å². The van der Waals surface area contributed by atoms with Gasteiger partial charge in [-0.1, -0.05) is 12.8 Å². The largest absolute Gasteiger partial charge is 0.493 e. The molecule has 1 aromatic carbocycles. The maximum Gasteiger partial charge on any atom is 0.331 e. The number of methoxy groups -OCH3 is 2. The van der Waals surface area contributed by atoms with Crippen LogP contribution in [0, 0.1) is 0 Å². The molecule has 1 aliphatic carbocycles. The number of benzene rings is 1. The molecule has 9 heteroatoms. The van der Waals surface area contributed by atoms with E-state index in [1.165, 1.54) is 24.9 Å². The van der Waals surface area contributed by atoms with Gasteiger partial charge in [-0.05, 0) is 31.0 Å². The minimum Gasteiger partial charge on any atom is -0.493 e. The summed E-state index contributed by atoms with van der Waals surface area (Å²) < 4.78 is 23.2. The predicted molar refractivity (Wildman–Crippen MR) is 112 cm³/mol. The number of pyridine rings is 1. The van der Waals surface area contributed by atoms with E-state index >= 15 is 0 Å². The molecule has 0 unspecified atom stereocenters. The summed E-state index contributed by atoms with van der Waals surface area (Å²) in [5.74, 6) is -0.145. The number of hydrogen-bond donors (Lipinski definition) is 1. The summed E-state index contributed by atoms with van der Waals surface area (Å²) in [7, 11) is 2.83. The summed E-state index contributed by atoms with van der Waals surface area (Å²) in [5.41, 5.74) is -1.07. The summed E-state index contributed by atoms with van der Waals surface area (Å²) >= 11 is 0. The Kier molecular flexibility index (Phi) is 5.86. The molecule has 9 nitrogen and oxygen atoms in total. The number of amides is 1. The lowest BCUT2D eigenvalue weighted by Gasteiger charge is -2.27. The van der Waals surface area contributed by atoms with Crippen LogP contribution in [0.2, 0.25) is 0 Å². The van der Waals surface area contributed by atoms with Gasteiger partial charge in [0.1, 0.15) is 17.7 Å². The fourth-order valence-corrected chi connectivity index (χ4v) is 4.40. The first kappa shape index (κ1) is 21.2. The SMILES string of the molecule is COC(=O)C1(NC(=O)c2cc3ccc(OC)c4c3n(c2=O)CCOCCO4)CCCC1. The van der Waals surface area contributed by atoms with Crippen LogP contribution < -0.4 is 20.3 Å². The second kappa shape index (κ2) is 8.58. The Morgan fingerprint density at radius 3 is 2.61 bits per heavy atom. The average molecular weight is 430 g/mol. The molecule has 2 aliphatic rings. The lowest BCUT2D eigenvalue weighted by atomic mass is 9.97. The van der Waals surface area contributed by atoms with Crippen molar-refractivity contribution in [3.63, 3.8) is 0 Å². The van der Waals surface area contributed by atoms with Crippen molar-refractivity contribution in [3.05, 3.63) is 34.1 Å². The maximum absolute atomic E-state index is 13.4. The Morgan fingerprint density at radius 1 is 1.13 bits per heavy atom. The Hall–Kier alpha value is -3.07. The standard InChI is InChI=1S/C22H26N2O7/c1-28-16-6-5-14-13-15(19(25)23-22(21(27)29-2)7-3-4-8-22)20(26)24-9-10-30-11-12-31-18(16)17(14)24/h5-6,13H,3-4,7-12H2,1-2H3,(H,23,25). The Labute approximate surface area is 179 Å². The first-order valence-corrected chi connectivity index (χ1v) is 10.4. The molecule has 31 heavy (non-hydrogen) atoms. The van der Waals surface area contributed by atoms with Crippen molar-refractivity contribution in [3.8, 4) is 11.5 Å². The van der Waals surface area contributed by atoms with E-state index in [1.807, 2.05) is 0 Å². The van der Waals surface area contributed by atoms with Crippen LogP contribution in [-0.2, 0) is 20.8 Å². The minimum absolute atomic E-state index is 0.0435. The average Bonchev–Trinajstić information content (AvgIpc) is 3.28. The molecular formula is C22H26N2O7. The highest BCUT2D eigenvalue weighted by atomic mass is 16.5. The van der Waals surface area contributed by atoms with E-state index in [-0.39, 0.29) is 12.1 Å². The minimum atomic E-state index is -1.10. The third-order valence-corrected chi connectivity index (χ3v) is 5.96. The first-order valence-electron chi connectivity index (χ1n) is 10.4. The number of ether oxygens (including phenoxy) is 4. The van der Waals surface area contributed by atoms with Crippen molar-refractivity contribution in [2.24, 2.45) is 0 Å². The highest BCUT2D eigenvalue weighted by Crippen LogP contribution is 2.36. The third kappa shape index (κ3) is 3.74. The van der Waals surface area contributed by atoms with Crippen LogP contribution in [0.15, 0.2) is 23.0 Å². The van der Waals surface area contributed by atoms with Gasteiger partial charge in [-0.25, -0.2) is 4.79 Å². The smallest absolute Gasteiger partial charge is 0.331 e. The summed E-state index contributed by atoms with van der Waals surface area (Å²) in [6.45, 7) is 1.24. The zero-order valence-electron chi connectivity index (χ0n) is 17.7. The Bertz CT molecular complexity index is 1070. The molecule has 1 aromatic heterocycles. The molecule has 0 spiro atoms. The van der Waals surface area contributed by atoms with Gasteiger partial charge in [0.2, 0.25) is 0 Å². The van der Waals surface area contributed by atoms with Crippen molar-refractivity contribution in [2.45, 2.75) is 37.8 Å². The molecule has 1 aliphatic heterocycles. The van der Waals surface area contributed by atoms with Crippen LogP contribution in [0.25, 0.3) is 10.9 Å². The van der Waals surface area contributed by atoms with Crippen LogP contribution in [0.5, 0.6) is 11.5 Å². The molecule has 1 N–H and O–H groups in total. The van der Waals surface area contributed by atoms with Gasteiger partial charge in [0.05, 0.1) is 33.0 Å². The second-order valence-corrected chi connectivity index (χ2v) is 7.75. The van der Waals surface area contributed by atoms with Gasteiger partial charge in [-0.2, -0.15) is 0 Å². The first-order chi connectivity index (χ1) is 15.0. The highest BCUT2D eigenvalue weighted by molar-refractivity contribution is 6.01. The highest BCUT2D eigenvalue weighted by Gasteiger charge is 2.44. The molecule has 2 heterocycles. The zero-order valence-corrected chi connectivity index (χ0v) is 17.7. The number of hydrogen-bond acceptors (Lipinski definition) is 7. The summed E-state index contributed by atoms with van der Waals surface area (Å²) in [6.07, 6.45) is 2.57. The van der Waals surface area contributed by atoms with Crippen molar-refractivity contribution < 1.29 is 28.5 Å². The van der Waals surface area contributed by atoms with Crippen molar-refractivity contribution in [1.29, 1.82) is 0 Å². The summed E-state index contributed by atoms with van der Waals surface area (Å²) in [5, 5.41) is 3.45. The van der Waals surface area contributed by atoms with Crippen LogP contribution >= 0.6 is 0 Å². The fourth-order valence-electron chi connectivity index (χ4n) is 4.40. The number of rotatable bonds is 4. The van der Waals surface area contributed by atoms with E-state index < -0.39 is 23.0 Å².